The van der Waals surface area contributed by atoms with Crippen LogP contribution in [0.15, 0.2) is 0 Å². The fourth-order valence-electron chi connectivity index (χ4n) is 1.69. The van der Waals surface area contributed by atoms with E-state index in [-0.39, 0.29) is 6.10 Å². The third-order valence-corrected chi connectivity index (χ3v) is 2.61. The third-order valence-electron chi connectivity index (χ3n) is 2.31. The number of carbonyl (C=O) groups is 1. The lowest BCUT2D eigenvalue weighted by molar-refractivity contribution is -0.109. The maximum absolute atomic E-state index is 10.2. The highest BCUT2D eigenvalue weighted by molar-refractivity contribution is 7.75. The second kappa shape index (κ2) is 4.78. The van der Waals surface area contributed by atoms with Crippen molar-refractivity contribution in [2.75, 3.05) is 0 Å². The van der Waals surface area contributed by atoms with Gasteiger partial charge in [0.15, 0.2) is 0 Å². The molecular weight excluding hydrogens is 160 g/mol. The van der Waals surface area contributed by atoms with Crippen molar-refractivity contribution >= 4 is 19.2 Å². The summed E-state index contributed by atoms with van der Waals surface area (Å²) in [5.74, 6) is 0.540. The molecule has 0 spiro atoms. The molecule has 0 aromatic carbocycles. The van der Waals surface area contributed by atoms with Crippen molar-refractivity contribution < 1.29 is 8.98 Å². The first-order chi connectivity index (χ1) is 5.36. The van der Waals surface area contributed by atoms with Crippen LogP contribution in [0.5, 0.6) is 0 Å². The minimum Gasteiger partial charge on any atom is -0.315 e. The zero-order valence-corrected chi connectivity index (χ0v) is 7.43. The molecule has 0 saturated heterocycles. The normalized spacial score (nSPS) is 31.7. The molecule has 0 radical (unpaired) electrons. The Balaban J connectivity index is 2.27. The molecule has 64 valence electrons. The van der Waals surface area contributed by atoms with Gasteiger partial charge >= 0.3 is 0 Å². The van der Waals surface area contributed by atoms with Crippen molar-refractivity contribution in [3.05, 3.63) is 0 Å². The van der Waals surface area contributed by atoms with Crippen molar-refractivity contribution in [3.8, 4) is 0 Å². The van der Waals surface area contributed by atoms with Crippen LogP contribution in [0.3, 0.4) is 0 Å². The van der Waals surface area contributed by atoms with Gasteiger partial charge in [0.25, 0.3) is 0 Å². The summed E-state index contributed by atoms with van der Waals surface area (Å²) in [7, 11) is 0. The minimum atomic E-state index is 0.275. The summed E-state index contributed by atoms with van der Waals surface area (Å²) in [4.78, 5) is 10.2. The summed E-state index contributed by atoms with van der Waals surface area (Å²) in [5, 5.41) is 0. The number of hydrogen-bond donors (Lipinski definition) is 1. The van der Waals surface area contributed by atoms with Gasteiger partial charge in [-0.1, -0.05) is 6.42 Å². The van der Waals surface area contributed by atoms with Gasteiger partial charge in [-0.15, -0.1) is 0 Å². The van der Waals surface area contributed by atoms with E-state index >= 15 is 0 Å². The second-order valence-electron chi connectivity index (χ2n) is 3.16. The number of carbonyl (C=O) groups excluding carboxylic acids is 1. The minimum absolute atomic E-state index is 0.275. The van der Waals surface area contributed by atoms with Crippen LogP contribution >= 0.6 is 12.9 Å². The second-order valence-corrected chi connectivity index (χ2v) is 3.37. The Morgan fingerprint density at radius 2 is 2.36 bits per heavy atom. The maximum Gasteiger partial charge on any atom is 0.120 e. The Morgan fingerprint density at radius 1 is 1.55 bits per heavy atom. The first-order valence-corrected chi connectivity index (χ1v) is 4.47. The molecule has 0 N–H and O–H groups in total. The summed E-state index contributed by atoms with van der Waals surface area (Å²) < 4.78 is 4.95. The molecule has 3 heteroatoms. The monoisotopic (exact) mass is 174 g/mol. The summed E-state index contributed by atoms with van der Waals surface area (Å²) >= 11 is 3.78. The first-order valence-electron chi connectivity index (χ1n) is 4.10. The lowest BCUT2D eigenvalue weighted by atomic mass is 9.86. The lowest BCUT2D eigenvalue weighted by Gasteiger charge is -2.25. The summed E-state index contributed by atoms with van der Waals surface area (Å²) in [5.41, 5.74) is 0. The van der Waals surface area contributed by atoms with Crippen molar-refractivity contribution in [2.24, 2.45) is 5.92 Å². The maximum atomic E-state index is 10.2. The average molecular weight is 174 g/mol. The molecule has 0 aliphatic heterocycles. The van der Waals surface area contributed by atoms with Crippen molar-refractivity contribution in [1.29, 1.82) is 0 Å². The molecule has 0 amide bonds. The van der Waals surface area contributed by atoms with Crippen LogP contribution in [0.1, 0.15) is 32.1 Å². The van der Waals surface area contributed by atoms with Crippen LogP contribution in [-0.4, -0.2) is 12.4 Å². The first kappa shape index (κ1) is 9.07. The topological polar surface area (TPSA) is 26.3 Å². The van der Waals surface area contributed by atoms with E-state index in [0.29, 0.717) is 12.3 Å². The molecule has 1 saturated carbocycles. The van der Waals surface area contributed by atoms with Gasteiger partial charge in [-0.25, -0.2) is 0 Å². The predicted molar refractivity (Wildman–Crippen MR) is 46.5 cm³/mol. The van der Waals surface area contributed by atoms with Gasteiger partial charge in [-0.3, -0.25) is 0 Å². The highest BCUT2D eigenvalue weighted by atomic mass is 32.1. The molecule has 0 aromatic heterocycles. The van der Waals surface area contributed by atoms with Crippen LogP contribution in [0.25, 0.3) is 0 Å². The van der Waals surface area contributed by atoms with Crippen LogP contribution < -0.4 is 0 Å². The van der Waals surface area contributed by atoms with Gasteiger partial charge < -0.3 is 8.98 Å². The summed E-state index contributed by atoms with van der Waals surface area (Å²) in [6, 6.07) is 0. The van der Waals surface area contributed by atoms with Gasteiger partial charge in [-0.05, 0) is 38.1 Å². The van der Waals surface area contributed by atoms with Crippen molar-refractivity contribution in [2.45, 2.75) is 38.2 Å². The average Bonchev–Trinajstić information content (AvgIpc) is 2.06. The van der Waals surface area contributed by atoms with E-state index in [2.05, 4.69) is 12.9 Å². The van der Waals surface area contributed by atoms with Gasteiger partial charge in [0, 0.05) is 6.42 Å². The van der Waals surface area contributed by atoms with Gasteiger partial charge in [0.05, 0.1) is 6.10 Å². The quantitative estimate of drug-likeness (QED) is 0.402. The van der Waals surface area contributed by atoms with Gasteiger partial charge in [0.1, 0.15) is 6.29 Å². The largest absolute Gasteiger partial charge is 0.315 e. The molecule has 1 rings (SSSR count). The lowest BCUT2D eigenvalue weighted by Crippen LogP contribution is -2.20. The van der Waals surface area contributed by atoms with E-state index < -0.39 is 0 Å². The molecule has 2 atom stereocenters. The van der Waals surface area contributed by atoms with E-state index in [1.165, 1.54) is 12.8 Å². The highest BCUT2D eigenvalue weighted by Crippen LogP contribution is 2.28. The molecule has 0 bridgehead atoms. The zero-order chi connectivity index (χ0) is 8.10. The van der Waals surface area contributed by atoms with Crippen LogP contribution in [-0.2, 0) is 8.98 Å². The molecule has 1 aliphatic rings. The van der Waals surface area contributed by atoms with E-state index in [0.717, 1.165) is 19.1 Å². The number of rotatable bonds is 3. The van der Waals surface area contributed by atoms with Gasteiger partial charge in [-0.2, -0.15) is 0 Å². The Kier molecular flexibility index (Phi) is 3.94. The zero-order valence-electron chi connectivity index (χ0n) is 6.53. The Morgan fingerprint density at radius 3 is 3.00 bits per heavy atom. The fourth-order valence-corrected chi connectivity index (χ4v) is 1.88. The highest BCUT2D eigenvalue weighted by Gasteiger charge is 2.21. The van der Waals surface area contributed by atoms with E-state index in [1.54, 1.807) is 0 Å². The molecular formula is C8H14O2S. The predicted octanol–water partition coefficient (Wildman–Crippen LogP) is 2.00. The molecule has 1 fully saturated rings. The van der Waals surface area contributed by atoms with Crippen LogP contribution in [0.2, 0.25) is 0 Å². The standard InChI is InChI=1S/C8H14O2S/c9-5-4-7-2-1-3-8(6-7)10-11/h5,7-8,11H,1-4,6H2. The molecule has 2 unspecified atom stereocenters. The Hall–Kier alpha value is -0.0200. The van der Waals surface area contributed by atoms with Crippen LogP contribution in [0.4, 0.5) is 0 Å². The number of hydrogen-bond acceptors (Lipinski definition) is 3. The Bertz CT molecular complexity index is 127. The molecule has 1 aliphatic carbocycles. The molecule has 2 nitrogen and oxygen atoms in total. The third kappa shape index (κ3) is 2.83. The summed E-state index contributed by atoms with van der Waals surface area (Å²) in [6.07, 6.45) is 6.41. The molecule has 11 heavy (non-hydrogen) atoms. The van der Waals surface area contributed by atoms with Crippen molar-refractivity contribution in [1.82, 2.24) is 0 Å². The number of aldehydes is 1. The fraction of sp³-hybridized carbons (Fsp3) is 0.875. The SMILES string of the molecule is O=CCC1CCCC(OS)C1. The Labute approximate surface area is 72.9 Å². The smallest absolute Gasteiger partial charge is 0.120 e. The number of thiol groups is 1. The van der Waals surface area contributed by atoms with Crippen molar-refractivity contribution in [3.63, 3.8) is 0 Å². The van der Waals surface area contributed by atoms with E-state index in [9.17, 15) is 4.79 Å². The molecule has 0 heterocycles. The van der Waals surface area contributed by atoms with E-state index in [1.807, 2.05) is 0 Å². The van der Waals surface area contributed by atoms with Crippen LogP contribution in [0, 0.1) is 5.92 Å². The molecule has 0 aromatic rings. The summed E-state index contributed by atoms with van der Waals surface area (Å²) in [6.45, 7) is 0. The van der Waals surface area contributed by atoms with E-state index in [4.69, 9.17) is 4.18 Å². The van der Waals surface area contributed by atoms with Gasteiger partial charge in [0.2, 0.25) is 0 Å².